The lowest BCUT2D eigenvalue weighted by Crippen LogP contribution is -2.28. The number of hydrogen-bond donors (Lipinski definition) is 2. The minimum atomic E-state index is -4.36. The van der Waals surface area contributed by atoms with Gasteiger partial charge in [-0.3, -0.25) is 9.59 Å². The summed E-state index contributed by atoms with van der Waals surface area (Å²) in [4.78, 5) is 23.7. The quantitative estimate of drug-likeness (QED) is 0.789. The lowest BCUT2D eigenvalue weighted by molar-refractivity contribution is -0.173. The van der Waals surface area contributed by atoms with E-state index in [9.17, 15) is 22.8 Å². The van der Waals surface area contributed by atoms with Crippen LogP contribution in [0.4, 0.5) is 13.2 Å². The summed E-state index contributed by atoms with van der Waals surface area (Å²) in [5.41, 5.74) is -0.353. The van der Waals surface area contributed by atoms with Crippen LogP contribution in [-0.2, 0) is 4.74 Å². The van der Waals surface area contributed by atoms with Gasteiger partial charge in [0.15, 0.2) is 5.69 Å². The van der Waals surface area contributed by atoms with Crippen molar-refractivity contribution in [3.8, 4) is 0 Å². The maximum absolute atomic E-state index is 12.0. The first-order valence-corrected chi connectivity index (χ1v) is 6.78. The van der Waals surface area contributed by atoms with Crippen molar-refractivity contribution < 1.29 is 22.7 Å². The number of aromatic amines is 1. The number of nitrogens with zero attached hydrogens (tertiary/aromatic N) is 1. The van der Waals surface area contributed by atoms with Crippen molar-refractivity contribution in [2.45, 2.75) is 12.6 Å². The first-order valence-electron chi connectivity index (χ1n) is 6.78. The van der Waals surface area contributed by atoms with E-state index < -0.39 is 24.2 Å². The van der Waals surface area contributed by atoms with Crippen molar-refractivity contribution in [1.82, 2.24) is 15.5 Å². The van der Waals surface area contributed by atoms with Gasteiger partial charge in [-0.1, -0.05) is 18.2 Å². The number of alkyl halides is 3. The maximum atomic E-state index is 12.0. The zero-order valence-corrected chi connectivity index (χ0v) is 11.9. The molecule has 0 fully saturated rings. The topological polar surface area (TPSA) is 84.1 Å². The predicted octanol–water partition coefficient (Wildman–Crippen LogP) is 1.62. The predicted molar refractivity (Wildman–Crippen MR) is 76.2 cm³/mol. The van der Waals surface area contributed by atoms with E-state index in [-0.39, 0.29) is 25.3 Å². The Balaban J connectivity index is 1.90. The van der Waals surface area contributed by atoms with Crippen LogP contribution < -0.4 is 10.9 Å². The Labute approximate surface area is 128 Å². The summed E-state index contributed by atoms with van der Waals surface area (Å²) in [6, 6.07) is 6.50. The number of carbonyl (C=O) groups is 1. The van der Waals surface area contributed by atoms with E-state index in [1.165, 1.54) is 0 Å². The monoisotopic (exact) mass is 329 g/mol. The SMILES string of the molecule is O=C(NCCCOCC(F)(F)F)c1n[nH]c(=O)c2ccccc12. The number of ether oxygens (including phenoxy) is 1. The third kappa shape index (κ3) is 4.78. The lowest BCUT2D eigenvalue weighted by Gasteiger charge is -2.08. The van der Waals surface area contributed by atoms with Gasteiger partial charge in [0.05, 0.1) is 5.39 Å². The summed E-state index contributed by atoms with van der Waals surface area (Å²) in [7, 11) is 0. The average molecular weight is 329 g/mol. The molecule has 124 valence electrons. The van der Waals surface area contributed by atoms with Crippen LogP contribution in [0.15, 0.2) is 29.1 Å². The van der Waals surface area contributed by atoms with Crippen LogP contribution in [0, 0.1) is 0 Å². The van der Waals surface area contributed by atoms with E-state index in [0.717, 1.165) is 0 Å². The number of aromatic nitrogens is 2. The number of amides is 1. The number of benzene rings is 1. The molecule has 1 amide bonds. The lowest BCUT2D eigenvalue weighted by atomic mass is 10.1. The fourth-order valence-electron chi connectivity index (χ4n) is 1.94. The molecule has 2 rings (SSSR count). The second-order valence-corrected chi connectivity index (χ2v) is 4.72. The largest absolute Gasteiger partial charge is 0.411 e. The molecular formula is C14H14F3N3O3. The van der Waals surface area contributed by atoms with Gasteiger partial charge in [0.2, 0.25) is 0 Å². The van der Waals surface area contributed by atoms with Crippen molar-refractivity contribution in [1.29, 1.82) is 0 Å². The summed E-state index contributed by atoms with van der Waals surface area (Å²) in [6.45, 7) is -1.31. The Kier molecular flexibility index (Phi) is 5.32. The van der Waals surface area contributed by atoms with Gasteiger partial charge in [-0.05, 0) is 12.5 Å². The summed E-state index contributed by atoms with van der Waals surface area (Å²) in [5, 5.41) is 9.22. The van der Waals surface area contributed by atoms with Crippen LogP contribution in [0.1, 0.15) is 16.9 Å². The number of fused-ring (bicyclic) bond motifs is 1. The van der Waals surface area contributed by atoms with Gasteiger partial charge in [0.25, 0.3) is 11.5 Å². The molecule has 0 bridgehead atoms. The van der Waals surface area contributed by atoms with Gasteiger partial charge in [0.1, 0.15) is 6.61 Å². The first-order chi connectivity index (χ1) is 10.9. The number of nitrogens with one attached hydrogen (secondary N) is 2. The highest BCUT2D eigenvalue weighted by Gasteiger charge is 2.27. The van der Waals surface area contributed by atoms with Crippen molar-refractivity contribution >= 4 is 16.7 Å². The van der Waals surface area contributed by atoms with Crippen molar-refractivity contribution in [2.24, 2.45) is 0 Å². The molecule has 0 unspecified atom stereocenters. The number of rotatable bonds is 6. The standard InChI is InChI=1S/C14H14F3N3O3/c15-14(16,17)8-23-7-3-6-18-13(22)11-9-4-1-2-5-10(9)12(21)20-19-11/h1-2,4-5H,3,6-8H2,(H,18,22)(H,20,21). The highest BCUT2D eigenvalue weighted by Crippen LogP contribution is 2.14. The second-order valence-electron chi connectivity index (χ2n) is 4.72. The molecule has 1 heterocycles. The van der Waals surface area contributed by atoms with Gasteiger partial charge in [-0.25, -0.2) is 5.10 Å². The van der Waals surface area contributed by atoms with Gasteiger partial charge in [0, 0.05) is 18.5 Å². The normalized spacial score (nSPS) is 11.6. The number of carbonyl (C=O) groups excluding carboxylic acids is 1. The van der Waals surface area contributed by atoms with Gasteiger partial charge in [-0.15, -0.1) is 0 Å². The molecule has 0 atom stereocenters. The molecule has 0 spiro atoms. The number of H-pyrrole nitrogens is 1. The van der Waals surface area contributed by atoms with Crippen LogP contribution in [-0.4, -0.2) is 42.0 Å². The molecular weight excluding hydrogens is 315 g/mol. The molecule has 6 nitrogen and oxygen atoms in total. The van der Waals surface area contributed by atoms with Crippen LogP contribution >= 0.6 is 0 Å². The number of hydrogen-bond acceptors (Lipinski definition) is 4. The van der Waals surface area contributed by atoms with Gasteiger partial charge >= 0.3 is 6.18 Å². The molecule has 2 aromatic rings. The van der Waals surface area contributed by atoms with Crippen molar-refractivity contribution in [3.05, 3.63) is 40.3 Å². The minimum absolute atomic E-state index is 0.0522. The molecule has 2 N–H and O–H groups in total. The maximum Gasteiger partial charge on any atom is 0.411 e. The third-order valence-corrected chi connectivity index (χ3v) is 2.93. The van der Waals surface area contributed by atoms with Crippen molar-refractivity contribution in [3.63, 3.8) is 0 Å². The Morgan fingerprint density at radius 1 is 1.26 bits per heavy atom. The van der Waals surface area contributed by atoms with E-state index in [0.29, 0.717) is 10.8 Å². The smallest absolute Gasteiger partial charge is 0.372 e. The van der Waals surface area contributed by atoms with Crippen LogP contribution in [0.3, 0.4) is 0 Å². The molecule has 0 saturated carbocycles. The molecule has 0 aliphatic carbocycles. The molecule has 23 heavy (non-hydrogen) atoms. The molecule has 1 aromatic carbocycles. The van der Waals surface area contributed by atoms with Gasteiger partial charge < -0.3 is 10.1 Å². The summed E-state index contributed by atoms with van der Waals surface area (Å²) in [6.07, 6.45) is -4.13. The van der Waals surface area contributed by atoms with Crippen molar-refractivity contribution in [2.75, 3.05) is 19.8 Å². The Bertz CT molecular complexity index is 743. The molecule has 0 radical (unpaired) electrons. The second kappa shape index (κ2) is 7.23. The number of halogens is 3. The van der Waals surface area contributed by atoms with Crippen LogP contribution in [0.2, 0.25) is 0 Å². The molecule has 1 aromatic heterocycles. The van der Waals surface area contributed by atoms with E-state index in [4.69, 9.17) is 0 Å². The molecule has 0 aliphatic rings. The zero-order chi connectivity index (χ0) is 16.9. The van der Waals surface area contributed by atoms with Crippen LogP contribution in [0.5, 0.6) is 0 Å². The van der Waals surface area contributed by atoms with E-state index >= 15 is 0 Å². The fraction of sp³-hybridized carbons (Fsp3) is 0.357. The zero-order valence-electron chi connectivity index (χ0n) is 11.9. The summed E-state index contributed by atoms with van der Waals surface area (Å²) < 4.78 is 40.0. The third-order valence-electron chi connectivity index (χ3n) is 2.93. The Morgan fingerprint density at radius 3 is 2.65 bits per heavy atom. The molecule has 0 aliphatic heterocycles. The highest BCUT2D eigenvalue weighted by molar-refractivity contribution is 6.04. The van der Waals surface area contributed by atoms with E-state index in [1.54, 1.807) is 24.3 Å². The summed E-state index contributed by atoms with van der Waals surface area (Å²) >= 11 is 0. The van der Waals surface area contributed by atoms with E-state index in [1.807, 2.05) is 0 Å². The fourth-order valence-corrected chi connectivity index (χ4v) is 1.94. The minimum Gasteiger partial charge on any atom is -0.372 e. The van der Waals surface area contributed by atoms with E-state index in [2.05, 4.69) is 20.3 Å². The molecule has 0 saturated heterocycles. The Hall–Kier alpha value is -2.42. The Morgan fingerprint density at radius 2 is 1.96 bits per heavy atom. The summed E-state index contributed by atoms with van der Waals surface area (Å²) in [5.74, 6) is -0.520. The molecule has 9 heteroatoms. The van der Waals surface area contributed by atoms with Gasteiger partial charge in [-0.2, -0.15) is 18.3 Å². The average Bonchev–Trinajstić information content (AvgIpc) is 2.50. The highest BCUT2D eigenvalue weighted by atomic mass is 19.4. The first kappa shape index (κ1) is 16.9. The van der Waals surface area contributed by atoms with Crippen LogP contribution in [0.25, 0.3) is 10.8 Å².